The van der Waals surface area contributed by atoms with E-state index in [4.69, 9.17) is 10.2 Å². The van der Waals surface area contributed by atoms with Crippen LogP contribution in [0.15, 0.2) is 39.5 Å². The largest absolute Gasteiger partial charge is 0.507 e. The third kappa shape index (κ3) is 1.77. The van der Waals surface area contributed by atoms with Crippen molar-refractivity contribution >= 4 is 5.69 Å². The fraction of sp³-hybridized carbons (Fsp3) is 0.0833. The molecule has 4 heteroatoms. The monoisotopic (exact) mass is 217 g/mol. The minimum absolute atomic E-state index is 0.0978. The van der Waals surface area contributed by atoms with Gasteiger partial charge in [0.1, 0.15) is 17.1 Å². The Kier molecular flexibility index (Phi) is 2.40. The number of anilines is 1. The van der Waals surface area contributed by atoms with Crippen LogP contribution in [-0.2, 0) is 0 Å². The fourth-order valence-corrected chi connectivity index (χ4v) is 1.56. The minimum atomic E-state index is -0.567. The van der Waals surface area contributed by atoms with Gasteiger partial charge in [-0.05, 0) is 24.6 Å². The SMILES string of the molecule is Cc1cc(O)c(-c2cccc(N)c2)c(=O)o1. The molecule has 1 aromatic carbocycles. The summed E-state index contributed by atoms with van der Waals surface area (Å²) >= 11 is 0. The zero-order chi connectivity index (χ0) is 11.7. The molecule has 1 heterocycles. The quantitative estimate of drug-likeness (QED) is 0.715. The summed E-state index contributed by atoms with van der Waals surface area (Å²) < 4.78 is 4.93. The summed E-state index contributed by atoms with van der Waals surface area (Å²) in [6.45, 7) is 1.60. The van der Waals surface area contributed by atoms with Crippen LogP contribution in [0.2, 0.25) is 0 Å². The van der Waals surface area contributed by atoms with Gasteiger partial charge in [-0.1, -0.05) is 12.1 Å². The van der Waals surface area contributed by atoms with Gasteiger partial charge in [-0.25, -0.2) is 4.79 Å². The van der Waals surface area contributed by atoms with Crippen molar-refractivity contribution in [1.82, 2.24) is 0 Å². The summed E-state index contributed by atoms with van der Waals surface area (Å²) in [4.78, 5) is 11.6. The molecule has 0 saturated carbocycles. The molecule has 2 aromatic rings. The Labute approximate surface area is 92.0 Å². The zero-order valence-electron chi connectivity index (χ0n) is 8.73. The van der Waals surface area contributed by atoms with Gasteiger partial charge >= 0.3 is 5.63 Å². The van der Waals surface area contributed by atoms with Gasteiger partial charge in [0.25, 0.3) is 0 Å². The lowest BCUT2D eigenvalue weighted by Crippen LogP contribution is -2.04. The lowest BCUT2D eigenvalue weighted by Gasteiger charge is -2.04. The van der Waals surface area contributed by atoms with Crippen molar-refractivity contribution in [3.8, 4) is 16.9 Å². The Morgan fingerprint density at radius 3 is 2.69 bits per heavy atom. The molecule has 0 saturated heterocycles. The topological polar surface area (TPSA) is 76.5 Å². The van der Waals surface area contributed by atoms with Gasteiger partial charge in [-0.2, -0.15) is 0 Å². The Balaban J connectivity index is 2.70. The number of aryl methyl sites for hydroxylation is 1. The van der Waals surface area contributed by atoms with Gasteiger partial charge in [0.2, 0.25) is 0 Å². The number of hydrogen-bond donors (Lipinski definition) is 2. The van der Waals surface area contributed by atoms with E-state index in [0.29, 0.717) is 17.0 Å². The number of rotatable bonds is 1. The van der Waals surface area contributed by atoms with Crippen molar-refractivity contribution in [3.63, 3.8) is 0 Å². The first kappa shape index (κ1) is 10.3. The third-order valence-electron chi connectivity index (χ3n) is 2.23. The van der Waals surface area contributed by atoms with Crippen molar-refractivity contribution in [3.05, 3.63) is 46.5 Å². The van der Waals surface area contributed by atoms with Crippen molar-refractivity contribution in [2.45, 2.75) is 6.92 Å². The molecular weight excluding hydrogens is 206 g/mol. The van der Waals surface area contributed by atoms with Crippen LogP contribution in [-0.4, -0.2) is 5.11 Å². The molecule has 3 N–H and O–H groups in total. The van der Waals surface area contributed by atoms with Crippen molar-refractivity contribution in [1.29, 1.82) is 0 Å². The zero-order valence-corrected chi connectivity index (χ0v) is 8.73. The number of hydrogen-bond acceptors (Lipinski definition) is 4. The van der Waals surface area contributed by atoms with E-state index >= 15 is 0 Å². The average Bonchev–Trinajstić information content (AvgIpc) is 2.15. The van der Waals surface area contributed by atoms with E-state index in [9.17, 15) is 9.90 Å². The second-order valence-corrected chi connectivity index (χ2v) is 3.53. The van der Waals surface area contributed by atoms with Crippen molar-refractivity contribution in [2.24, 2.45) is 0 Å². The maximum atomic E-state index is 11.6. The highest BCUT2D eigenvalue weighted by Crippen LogP contribution is 2.27. The first-order valence-corrected chi connectivity index (χ1v) is 4.77. The molecule has 16 heavy (non-hydrogen) atoms. The second kappa shape index (κ2) is 3.73. The Hall–Kier alpha value is -2.23. The van der Waals surface area contributed by atoms with E-state index in [1.54, 1.807) is 31.2 Å². The van der Waals surface area contributed by atoms with Crippen LogP contribution in [0.25, 0.3) is 11.1 Å². The van der Waals surface area contributed by atoms with E-state index in [-0.39, 0.29) is 11.3 Å². The van der Waals surface area contributed by atoms with E-state index < -0.39 is 5.63 Å². The van der Waals surface area contributed by atoms with E-state index in [2.05, 4.69) is 0 Å². The molecule has 0 aliphatic carbocycles. The summed E-state index contributed by atoms with van der Waals surface area (Å²) in [7, 11) is 0. The van der Waals surface area contributed by atoms with Gasteiger partial charge in [0.15, 0.2) is 0 Å². The van der Waals surface area contributed by atoms with Crippen LogP contribution in [0.3, 0.4) is 0 Å². The fourth-order valence-electron chi connectivity index (χ4n) is 1.56. The Morgan fingerprint density at radius 2 is 2.06 bits per heavy atom. The molecule has 1 aromatic heterocycles. The number of nitrogen functional groups attached to an aromatic ring is 1. The van der Waals surface area contributed by atoms with Gasteiger partial charge in [-0.15, -0.1) is 0 Å². The van der Waals surface area contributed by atoms with Crippen molar-refractivity contribution in [2.75, 3.05) is 5.73 Å². The second-order valence-electron chi connectivity index (χ2n) is 3.53. The molecule has 4 nitrogen and oxygen atoms in total. The minimum Gasteiger partial charge on any atom is -0.507 e. The van der Waals surface area contributed by atoms with E-state index in [1.807, 2.05) is 0 Å². The molecule has 0 unspecified atom stereocenters. The predicted octanol–water partition coefficient (Wildman–Crippen LogP) is 1.90. The van der Waals surface area contributed by atoms with Crippen LogP contribution in [0.5, 0.6) is 5.75 Å². The normalized spacial score (nSPS) is 10.3. The third-order valence-corrected chi connectivity index (χ3v) is 2.23. The molecule has 0 aliphatic rings. The van der Waals surface area contributed by atoms with Crippen LogP contribution < -0.4 is 11.4 Å². The number of benzene rings is 1. The first-order chi connectivity index (χ1) is 7.58. The van der Waals surface area contributed by atoms with Crippen LogP contribution in [0, 0.1) is 6.92 Å². The lowest BCUT2D eigenvalue weighted by atomic mass is 10.1. The molecular formula is C12H11NO3. The molecule has 0 radical (unpaired) electrons. The highest BCUT2D eigenvalue weighted by atomic mass is 16.4. The highest BCUT2D eigenvalue weighted by Gasteiger charge is 2.11. The molecule has 0 amide bonds. The molecule has 0 atom stereocenters. The van der Waals surface area contributed by atoms with Crippen LogP contribution >= 0.6 is 0 Å². The standard InChI is InChI=1S/C12H11NO3/c1-7-5-10(14)11(12(15)16-7)8-3-2-4-9(13)6-8/h2-6,14H,13H2,1H3. The molecule has 0 spiro atoms. The summed E-state index contributed by atoms with van der Waals surface area (Å²) in [6.07, 6.45) is 0. The van der Waals surface area contributed by atoms with E-state index in [1.165, 1.54) is 6.07 Å². The van der Waals surface area contributed by atoms with Crippen LogP contribution in [0.4, 0.5) is 5.69 Å². The summed E-state index contributed by atoms with van der Waals surface area (Å²) in [6, 6.07) is 8.12. The number of nitrogens with two attached hydrogens (primary N) is 1. The smallest absolute Gasteiger partial charge is 0.347 e. The van der Waals surface area contributed by atoms with E-state index in [0.717, 1.165) is 0 Å². The first-order valence-electron chi connectivity index (χ1n) is 4.77. The lowest BCUT2D eigenvalue weighted by molar-refractivity contribution is 0.438. The van der Waals surface area contributed by atoms with Gasteiger partial charge in [-0.3, -0.25) is 0 Å². The summed E-state index contributed by atoms with van der Waals surface area (Å²) in [5.41, 5.74) is 6.25. The maximum Gasteiger partial charge on any atom is 0.347 e. The average molecular weight is 217 g/mol. The number of aromatic hydroxyl groups is 1. The van der Waals surface area contributed by atoms with Gasteiger partial charge < -0.3 is 15.3 Å². The Bertz CT molecular complexity index is 587. The maximum absolute atomic E-state index is 11.6. The Morgan fingerprint density at radius 1 is 1.31 bits per heavy atom. The van der Waals surface area contributed by atoms with Gasteiger partial charge in [0, 0.05) is 11.8 Å². The molecule has 2 rings (SSSR count). The van der Waals surface area contributed by atoms with Crippen molar-refractivity contribution < 1.29 is 9.52 Å². The predicted molar refractivity (Wildman–Crippen MR) is 61.2 cm³/mol. The molecule has 0 bridgehead atoms. The van der Waals surface area contributed by atoms with Gasteiger partial charge in [0.05, 0.1) is 0 Å². The summed E-state index contributed by atoms with van der Waals surface area (Å²) in [5.74, 6) is 0.273. The highest BCUT2D eigenvalue weighted by molar-refractivity contribution is 5.71. The molecule has 0 fully saturated rings. The molecule has 82 valence electrons. The summed E-state index contributed by atoms with van der Waals surface area (Å²) in [5, 5.41) is 9.72. The van der Waals surface area contributed by atoms with Crippen LogP contribution in [0.1, 0.15) is 5.76 Å². The molecule has 0 aliphatic heterocycles.